The summed E-state index contributed by atoms with van der Waals surface area (Å²) >= 11 is 0. The third kappa shape index (κ3) is 3.18. The van der Waals surface area contributed by atoms with Gasteiger partial charge in [-0.25, -0.2) is 14.8 Å². The van der Waals surface area contributed by atoms with Gasteiger partial charge in [-0.15, -0.1) is 0 Å². The van der Waals surface area contributed by atoms with Crippen LogP contribution in [0.3, 0.4) is 0 Å². The molecule has 22 heavy (non-hydrogen) atoms. The van der Waals surface area contributed by atoms with Gasteiger partial charge in [0.05, 0.1) is 6.20 Å². The highest BCUT2D eigenvalue weighted by molar-refractivity contribution is 5.83. The van der Waals surface area contributed by atoms with Crippen molar-refractivity contribution in [1.82, 2.24) is 15.1 Å². The number of amides is 1. The Labute approximate surface area is 124 Å². The fourth-order valence-corrected chi connectivity index (χ4v) is 1.76. The molecule has 0 fully saturated rings. The van der Waals surface area contributed by atoms with Crippen LogP contribution in [0.2, 0.25) is 0 Å². The smallest absolute Gasteiger partial charge is 0.409 e. The highest BCUT2D eigenvalue weighted by atomic mass is 16.5. The summed E-state index contributed by atoms with van der Waals surface area (Å²) in [6.07, 6.45) is 1.71. The minimum absolute atomic E-state index is 0.300. The number of nitrogens with zero attached hydrogens (tertiary/aromatic N) is 3. The zero-order valence-corrected chi connectivity index (χ0v) is 11.1. The van der Waals surface area contributed by atoms with Crippen LogP contribution in [0, 0.1) is 0 Å². The zero-order valence-electron chi connectivity index (χ0n) is 11.1. The van der Waals surface area contributed by atoms with E-state index in [0.29, 0.717) is 28.8 Å². The quantitative estimate of drug-likeness (QED) is 0.761. The van der Waals surface area contributed by atoms with E-state index in [9.17, 15) is 4.79 Å². The Hall–Kier alpha value is -3.42. The average Bonchev–Trinajstić information content (AvgIpc) is 3.01. The number of benzene rings is 1. The lowest BCUT2D eigenvalue weighted by Gasteiger charge is -2.07. The van der Waals surface area contributed by atoms with E-state index in [2.05, 4.69) is 20.4 Å². The molecule has 0 unspecified atom stereocenters. The van der Waals surface area contributed by atoms with Crippen LogP contribution >= 0.6 is 0 Å². The van der Waals surface area contributed by atoms with Crippen molar-refractivity contribution < 1.29 is 19.2 Å². The van der Waals surface area contributed by atoms with Crippen molar-refractivity contribution in [2.75, 3.05) is 5.32 Å². The van der Waals surface area contributed by atoms with Crippen molar-refractivity contribution >= 4 is 11.8 Å². The molecule has 0 aliphatic heterocycles. The number of carboxylic acid groups (broad SMARTS) is 1. The molecule has 0 spiro atoms. The first-order valence-corrected chi connectivity index (χ1v) is 6.22. The van der Waals surface area contributed by atoms with Gasteiger partial charge in [-0.05, 0) is 12.1 Å². The normalized spacial score (nSPS) is 10.2. The first kappa shape index (κ1) is 13.6. The molecule has 8 nitrogen and oxygen atoms in total. The van der Waals surface area contributed by atoms with Crippen molar-refractivity contribution in [1.29, 1.82) is 0 Å². The summed E-state index contributed by atoms with van der Waals surface area (Å²) in [6, 6.07) is 9.77. The molecule has 2 heterocycles. The lowest BCUT2D eigenvalue weighted by atomic mass is 10.3. The van der Waals surface area contributed by atoms with Gasteiger partial charge in [-0.1, -0.05) is 11.2 Å². The van der Waals surface area contributed by atoms with Crippen molar-refractivity contribution in [3.63, 3.8) is 0 Å². The second kappa shape index (κ2) is 5.92. The molecule has 3 aromatic rings. The molecule has 0 aliphatic rings. The van der Waals surface area contributed by atoms with Crippen molar-refractivity contribution in [2.45, 2.75) is 0 Å². The van der Waals surface area contributed by atoms with E-state index in [1.54, 1.807) is 36.4 Å². The lowest BCUT2D eigenvalue weighted by Crippen LogP contribution is -2.06. The minimum Gasteiger partial charge on any atom is -0.465 e. The maximum absolute atomic E-state index is 10.6. The van der Waals surface area contributed by atoms with E-state index in [1.807, 2.05) is 0 Å². The molecule has 0 atom stereocenters. The molecule has 2 aromatic heterocycles. The summed E-state index contributed by atoms with van der Waals surface area (Å²) in [7, 11) is 0. The maximum Gasteiger partial charge on any atom is 0.409 e. The van der Waals surface area contributed by atoms with Crippen LogP contribution in [0.25, 0.3) is 11.5 Å². The predicted molar refractivity (Wildman–Crippen MR) is 75.7 cm³/mol. The van der Waals surface area contributed by atoms with Gasteiger partial charge >= 0.3 is 6.09 Å². The SMILES string of the molecule is O=C(O)Nc1cccc(Oc2cc(-c3ccno3)ncn2)c1. The highest BCUT2D eigenvalue weighted by Crippen LogP contribution is 2.25. The summed E-state index contributed by atoms with van der Waals surface area (Å²) in [5.41, 5.74) is 0.928. The van der Waals surface area contributed by atoms with Crippen LogP contribution in [0.15, 0.2) is 53.4 Å². The Morgan fingerprint density at radius 3 is 2.91 bits per heavy atom. The van der Waals surface area contributed by atoms with Crippen molar-refractivity contribution in [2.24, 2.45) is 0 Å². The largest absolute Gasteiger partial charge is 0.465 e. The summed E-state index contributed by atoms with van der Waals surface area (Å²) in [5.74, 6) is 1.23. The van der Waals surface area contributed by atoms with Gasteiger partial charge in [-0.2, -0.15) is 0 Å². The maximum atomic E-state index is 10.6. The molecule has 0 saturated heterocycles. The molecule has 0 saturated carbocycles. The molecule has 1 amide bonds. The summed E-state index contributed by atoms with van der Waals surface area (Å²) < 4.78 is 10.6. The zero-order chi connectivity index (χ0) is 15.4. The average molecular weight is 298 g/mol. The lowest BCUT2D eigenvalue weighted by molar-refractivity contribution is 0.210. The van der Waals surface area contributed by atoms with Crippen LogP contribution in [0.4, 0.5) is 10.5 Å². The molecule has 3 rings (SSSR count). The van der Waals surface area contributed by atoms with Gasteiger partial charge in [0.25, 0.3) is 0 Å². The van der Waals surface area contributed by atoms with Gasteiger partial charge < -0.3 is 14.4 Å². The van der Waals surface area contributed by atoms with E-state index >= 15 is 0 Å². The Morgan fingerprint density at radius 2 is 2.14 bits per heavy atom. The highest BCUT2D eigenvalue weighted by Gasteiger charge is 2.07. The Bertz CT molecular complexity index is 789. The van der Waals surface area contributed by atoms with Gasteiger partial charge in [0.1, 0.15) is 17.8 Å². The van der Waals surface area contributed by atoms with Gasteiger partial charge in [-0.3, -0.25) is 5.32 Å². The molecule has 0 radical (unpaired) electrons. The summed E-state index contributed by atoms with van der Waals surface area (Å²) in [4.78, 5) is 18.7. The Morgan fingerprint density at radius 1 is 1.23 bits per heavy atom. The molecule has 110 valence electrons. The van der Waals surface area contributed by atoms with Crippen LogP contribution in [0.1, 0.15) is 0 Å². The number of nitrogens with one attached hydrogen (secondary N) is 1. The second-order valence-corrected chi connectivity index (χ2v) is 4.18. The molecule has 8 heteroatoms. The number of hydrogen-bond donors (Lipinski definition) is 2. The van der Waals surface area contributed by atoms with E-state index in [-0.39, 0.29) is 0 Å². The van der Waals surface area contributed by atoms with Crippen LogP contribution in [-0.2, 0) is 0 Å². The second-order valence-electron chi connectivity index (χ2n) is 4.18. The number of carbonyl (C=O) groups is 1. The summed E-state index contributed by atoms with van der Waals surface area (Å²) in [5, 5.41) is 14.6. The van der Waals surface area contributed by atoms with Gasteiger partial charge in [0.2, 0.25) is 5.88 Å². The number of hydrogen-bond acceptors (Lipinski definition) is 6. The summed E-state index contributed by atoms with van der Waals surface area (Å²) in [6.45, 7) is 0. The third-order valence-electron chi connectivity index (χ3n) is 2.64. The minimum atomic E-state index is -1.15. The van der Waals surface area contributed by atoms with E-state index in [0.717, 1.165) is 0 Å². The van der Waals surface area contributed by atoms with Crippen LogP contribution in [0.5, 0.6) is 11.6 Å². The van der Waals surface area contributed by atoms with Crippen molar-refractivity contribution in [3.05, 3.63) is 48.9 Å². The standard InChI is InChI=1S/C14H10N4O4/c19-14(20)18-9-2-1-3-10(6-9)21-13-7-11(15-8-16-13)12-4-5-17-22-12/h1-8,18H,(H,19,20). The first-order chi connectivity index (χ1) is 10.7. The molecule has 0 aliphatic carbocycles. The van der Waals surface area contributed by atoms with Gasteiger partial charge in [0.15, 0.2) is 5.76 Å². The van der Waals surface area contributed by atoms with Crippen LogP contribution < -0.4 is 10.1 Å². The van der Waals surface area contributed by atoms with E-state index < -0.39 is 6.09 Å². The third-order valence-corrected chi connectivity index (χ3v) is 2.64. The fraction of sp³-hybridized carbons (Fsp3) is 0. The number of aromatic nitrogens is 3. The molecule has 2 N–H and O–H groups in total. The topological polar surface area (TPSA) is 110 Å². The molecule has 0 bridgehead atoms. The van der Waals surface area contributed by atoms with Gasteiger partial charge in [0, 0.05) is 23.9 Å². The monoisotopic (exact) mass is 298 g/mol. The fourth-order valence-electron chi connectivity index (χ4n) is 1.76. The molecule has 1 aromatic carbocycles. The molecular weight excluding hydrogens is 288 g/mol. The van der Waals surface area contributed by atoms with Crippen molar-refractivity contribution in [3.8, 4) is 23.1 Å². The van der Waals surface area contributed by atoms with Crippen LogP contribution in [-0.4, -0.2) is 26.3 Å². The molecular formula is C14H10N4O4. The predicted octanol–water partition coefficient (Wildman–Crippen LogP) is 3.01. The number of rotatable bonds is 4. The Balaban J connectivity index is 1.81. The first-order valence-electron chi connectivity index (χ1n) is 6.22. The van der Waals surface area contributed by atoms with E-state index in [1.165, 1.54) is 12.5 Å². The number of anilines is 1. The number of ether oxygens (including phenoxy) is 1. The van der Waals surface area contributed by atoms with E-state index in [4.69, 9.17) is 14.4 Å². The Kier molecular flexibility index (Phi) is 3.65.